The van der Waals surface area contributed by atoms with Gasteiger partial charge in [0, 0.05) is 50.4 Å². The second kappa shape index (κ2) is 14.6. The topological polar surface area (TPSA) is 32.9 Å². The summed E-state index contributed by atoms with van der Waals surface area (Å²) in [7, 11) is 0. The third-order valence-corrected chi connectivity index (χ3v) is 8.50. The van der Waals surface area contributed by atoms with Crippen molar-refractivity contribution in [2.24, 2.45) is 5.10 Å². The van der Waals surface area contributed by atoms with E-state index in [0.717, 1.165) is 56.1 Å². The van der Waals surface area contributed by atoms with Gasteiger partial charge in [0.05, 0.1) is 0 Å². The number of hydrazone groups is 1. The van der Waals surface area contributed by atoms with Crippen LogP contribution in [0.4, 0.5) is 11.4 Å². The molecule has 2 heterocycles. The average Bonchev–Trinajstić information content (AvgIpc) is 3.79. The van der Waals surface area contributed by atoms with Gasteiger partial charge in [0.1, 0.15) is 5.84 Å². The SMILES string of the molecule is [Au].c1ccc(C2=NN(c3c(-c4ccccc4)cccc3-c3ccccc3)[CH-]N2c2ccccc2)cc1.c1ccc2c(c1)[n-]c1ccccc12. The van der Waals surface area contributed by atoms with Crippen LogP contribution in [-0.4, -0.2) is 5.84 Å². The Kier molecular flexibility index (Phi) is 9.53. The van der Waals surface area contributed by atoms with Crippen molar-refractivity contribution in [3.8, 4) is 22.3 Å². The maximum Gasteiger partial charge on any atom is 0.129 e. The molecular formula is C44H32AuN4-2. The van der Waals surface area contributed by atoms with E-state index in [-0.39, 0.29) is 22.4 Å². The maximum absolute atomic E-state index is 5.18. The minimum atomic E-state index is 0. The van der Waals surface area contributed by atoms with Crippen LogP contribution in [0.15, 0.2) is 193 Å². The zero-order chi connectivity index (χ0) is 32.1. The van der Waals surface area contributed by atoms with Gasteiger partial charge in [-0.25, -0.2) is 0 Å². The predicted octanol–water partition coefficient (Wildman–Crippen LogP) is 10.8. The van der Waals surface area contributed by atoms with Gasteiger partial charge in [-0.05, 0) is 34.0 Å². The number of aromatic nitrogens is 1. The Morgan fingerprint density at radius 1 is 0.429 bits per heavy atom. The first-order valence-corrected chi connectivity index (χ1v) is 16.1. The van der Waals surface area contributed by atoms with E-state index in [9.17, 15) is 0 Å². The Balaban J connectivity index is 0.000000225. The van der Waals surface area contributed by atoms with Crippen molar-refractivity contribution in [1.82, 2.24) is 4.98 Å². The number of fused-ring (bicyclic) bond motifs is 3. The van der Waals surface area contributed by atoms with E-state index in [1.165, 1.54) is 10.8 Å². The summed E-state index contributed by atoms with van der Waals surface area (Å²) in [5.74, 6) is 0.888. The van der Waals surface area contributed by atoms with Crippen molar-refractivity contribution in [2.45, 2.75) is 0 Å². The smallest absolute Gasteiger partial charge is 0.129 e. The first kappa shape index (κ1) is 31.9. The fraction of sp³-hybridized carbons (Fsp3) is 0. The van der Waals surface area contributed by atoms with Crippen molar-refractivity contribution in [1.29, 1.82) is 0 Å². The number of anilines is 2. The van der Waals surface area contributed by atoms with Crippen molar-refractivity contribution >= 4 is 39.0 Å². The van der Waals surface area contributed by atoms with Crippen LogP contribution in [0, 0.1) is 6.67 Å². The molecule has 0 amide bonds. The van der Waals surface area contributed by atoms with Crippen molar-refractivity contribution in [3.63, 3.8) is 0 Å². The molecule has 1 aliphatic rings. The van der Waals surface area contributed by atoms with Gasteiger partial charge in [0.15, 0.2) is 0 Å². The normalized spacial score (nSPS) is 12.3. The second-order valence-electron chi connectivity index (χ2n) is 11.5. The van der Waals surface area contributed by atoms with Gasteiger partial charge >= 0.3 is 0 Å². The van der Waals surface area contributed by atoms with Crippen LogP contribution in [0.25, 0.3) is 44.1 Å². The summed E-state index contributed by atoms with van der Waals surface area (Å²) in [6.45, 7) is 2.09. The molecule has 1 aromatic heterocycles. The van der Waals surface area contributed by atoms with Crippen LogP contribution in [0.1, 0.15) is 5.56 Å². The van der Waals surface area contributed by atoms with Crippen LogP contribution in [0.3, 0.4) is 0 Å². The summed E-state index contributed by atoms with van der Waals surface area (Å²) in [6.07, 6.45) is 0. The maximum atomic E-state index is 5.18. The molecule has 8 aromatic rings. The van der Waals surface area contributed by atoms with E-state index in [1.807, 2.05) is 29.3 Å². The minimum absolute atomic E-state index is 0. The van der Waals surface area contributed by atoms with Crippen molar-refractivity contribution in [2.75, 3.05) is 9.91 Å². The van der Waals surface area contributed by atoms with E-state index < -0.39 is 0 Å². The molecule has 241 valence electrons. The number of hydrogen-bond donors (Lipinski definition) is 0. The van der Waals surface area contributed by atoms with E-state index in [2.05, 4.69) is 180 Å². The number of para-hydroxylation sites is 4. The molecule has 0 fully saturated rings. The number of amidine groups is 1. The van der Waals surface area contributed by atoms with Gasteiger partial charge in [-0.2, -0.15) is 5.10 Å². The van der Waals surface area contributed by atoms with Gasteiger partial charge in [0.2, 0.25) is 0 Å². The first-order chi connectivity index (χ1) is 23.8. The van der Waals surface area contributed by atoms with E-state index in [1.54, 1.807) is 0 Å². The summed E-state index contributed by atoms with van der Waals surface area (Å²) in [6, 6.07) is 64.7. The predicted molar refractivity (Wildman–Crippen MR) is 201 cm³/mol. The quantitative estimate of drug-likeness (QED) is 0.128. The molecule has 0 atom stereocenters. The largest absolute Gasteiger partial charge is 0.657 e. The molecule has 7 aromatic carbocycles. The van der Waals surface area contributed by atoms with Gasteiger partial charge in [0.25, 0.3) is 0 Å². The Hall–Kier alpha value is -5.65. The fourth-order valence-electron chi connectivity index (χ4n) is 6.23. The van der Waals surface area contributed by atoms with Crippen LogP contribution < -0.4 is 14.9 Å². The zero-order valence-corrected chi connectivity index (χ0v) is 28.7. The third-order valence-electron chi connectivity index (χ3n) is 8.50. The van der Waals surface area contributed by atoms with Crippen LogP contribution >= 0.6 is 0 Å². The molecule has 4 nitrogen and oxygen atoms in total. The second-order valence-corrected chi connectivity index (χ2v) is 11.5. The molecule has 0 unspecified atom stereocenters. The summed E-state index contributed by atoms with van der Waals surface area (Å²) < 4.78 is 0. The molecule has 1 aliphatic heterocycles. The fourth-order valence-corrected chi connectivity index (χ4v) is 6.23. The number of rotatable bonds is 5. The Bertz CT molecular complexity index is 2210. The van der Waals surface area contributed by atoms with Crippen LogP contribution in [0.2, 0.25) is 0 Å². The standard InChI is InChI=1S/C32H24N3.C12H8N.Au/c1-5-14-25(15-6-1)29-22-13-23-30(26-16-7-2-8-17-26)31(29)35-24-34(28-20-11-4-12-21-28)32(33-35)27-18-9-3-10-19-27;1-3-7-11-9(5-1)10-6-2-4-8-12(10)13-11;/h1-24H;1-8H;/q2*-1;. The molecule has 0 N–H and O–H groups in total. The number of nitrogens with zero attached hydrogens (tertiary/aromatic N) is 4. The third kappa shape index (κ3) is 6.58. The molecular weight excluding hydrogens is 781 g/mol. The van der Waals surface area contributed by atoms with Crippen LogP contribution in [-0.2, 0) is 22.4 Å². The number of hydrogen-bond acceptors (Lipinski definition) is 3. The monoisotopic (exact) mass is 813 g/mol. The van der Waals surface area contributed by atoms with Crippen molar-refractivity contribution in [3.05, 3.63) is 200 Å². The van der Waals surface area contributed by atoms with E-state index in [0.29, 0.717) is 0 Å². The molecule has 0 saturated heterocycles. The summed E-state index contributed by atoms with van der Waals surface area (Å²) >= 11 is 0. The molecule has 9 rings (SSSR count). The average molecular weight is 814 g/mol. The minimum Gasteiger partial charge on any atom is -0.657 e. The van der Waals surface area contributed by atoms with Gasteiger partial charge in [-0.15, -0.1) is 17.7 Å². The van der Waals surface area contributed by atoms with Gasteiger partial charge in [-0.3, -0.25) is 0 Å². The summed E-state index contributed by atoms with van der Waals surface area (Å²) in [5.41, 5.74) is 9.93. The first-order valence-electron chi connectivity index (χ1n) is 16.1. The van der Waals surface area contributed by atoms with Crippen LogP contribution in [0.5, 0.6) is 0 Å². The van der Waals surface area contributed by atoms with Gasteiger partial charge < -0.3 is 14.9 Å². The van der Waals surface area contributed by atoms with E-state index in [4.69, 9.17) is 5.10 Å². The molecule has 0 saturated carbocycles. The summed E-state index contributed by atoms with van der Waals surface area (Å²) in [4.78, 5) is 6.67. The van der Waals surface area contributed by atoms with Crippen molar-refractivity contribution < 1.29 is 22.4 Å². The zero-order valence-electron chi connectivity index (χ0n) is 26.6. The molecule has 1 radical (unpaired) electrons. The molecule has 5 heteroatoms. The molecule has 0 spiro atoms. The van der Waals surface area contributed by atoms with E-state index >= 15 is 0 Å². The molecule has 0 aliphatic carbocycles. The Labute approximate surface area is 302 Å². The van der Waals surface area contributed by atoms with Gasteiger partial charge in [-0.1, -0.05) is 176 Å². The molecule has 0 bridgehead atoms. The molecule has 49 heavy (non-hydrogen) atoms. The Morgan fingerprint density at radius 2 is 0.857 bits per heavy atom. The number of benzene rings is 7. The Morgan fingerprint density at radius 3 is 1.37 bits per heavy atom. The summed E-state index contributed by atoms with van der Waals surface area (Å²) in [5, 5.41) is 9.70.